The van der Waals surface area contributed by atoms with E-state index in [0.29, 0.717) is 18.1 Å². The summed E-state index contributed by atoms with van der Waals surface area (Å²) >= 11 is 0. The van der Waals surface area contributed by atoms with Crippen LogP contribution >= 0.6 is 0 Å². The minimum Gasteiger partial charge on any atom is -0.492 e. The third-order valence-electron chi connectivity index (χ3n) is 6.87. The number of hydrogen-bond acceptors (Lipinski definition) is 4. The van der Waals surface area contributed by atoms with Gasteiger partial charge in [0.15, 0.2) is 0 Å². The van der Waals surface area contributed by atoms with E-state index in [4.69, 9.17) is 9.47 Å². The second-order valence-corrected chi connectivity index (χ2v) is 9.02. The zero-order chi connectivity index (χ0) is 22.2. The van der Waals surface area contributed by atoms with E-state index in [2.05, 4.69) is 35.2 Å². The van der Waals surface area contributed by atoms with E-state index in [0.717, 1.165) is 70.6 Å². The van der Waals surface area contributed by atoms with Crippen LogP contribution in [0.4, 0.5) is 0 Å². The smallest absolute Gasteiger partial charge is 0.254 e. The van der Waals surface area contributed by atoms with Gasteiger partial charge in [-0.05, 0) is 56.0 Å². The van der Waals surface area contributed by atoms with Gasteiger partial charge in [-0.3, -0.25) is 9.69 Å². The van der Waals surface area contributed by atoms with Gasteiger partial charge in [-0.25, -0.2) is 0 Å². The second-order valence-electron chi connectivity index (χ2n) is 9.02. The van der Waals surface area contributed by atoms with Gasteiger partial charge in [0, 0.05) is 44.8 Å². The summed E-state index contributed by atoms with van der Waals surface area (Å²) in [6.07, 6.45) is 5.62. The first-order valence-electron chi connectivity index (χ1n) is 12.0. The Morgan fingerprint density at radius 2 is 1.88 bits per heavy atom. The van der Waals surface area contributed by atoms with E-state index in [1.807, 2.05) is 36.3 Å². The highest BCUT2D eigenvalue weighted by molar-refractivity contribution is 5.94. The molecule has 0 aromatic heterocycles. The minimum atomic E-state index is 0.106. The van der Waals surface area contributed by atoms with Crippen molar-refractivity contribution in [3.63, 3.8) is 0 Å². The van der Waals surface area contributed by atoms with Crippen molar-refractivity contribution >= 4 is 5.91 Å². The van der Waals surface area contributed by atoms with E-state index >= 15 is 0 Å². The lowest BCUT2D eigenvalue weighted by Gasteiger charge is -2.38. The highest BCUT2D eigenvalue weighted by Gasteiger charge is 2.31. The van der Waals surface area contributed by atoms with Crippen molar-refractivity contribution in [2.75, 3.05) is 46.4 Å². The van der Waals surface area contributed by atoms with Gasteiger partial charge in [0.25, 0.3) is 5.91 Å². The lowest BCUT2D eigenvalue weighted by Crippen LogP contribution is -2.46. The van der Waals surface area contributed by atoms with Crippen molar-refractivity contribution in [1.82, 2.24) is 9.80 Å². The van der Waals surface area contributed by atoms with Crippen LogP contribution in [0.1, 0.15) is 41.6 Å². The first kappa shape index (κ1) is 22.8. The molecule has 5 nitrogen and oxygen atoms in total. The fourth-order valence-electron chi connectivity index (χ4n) is 4.99. The molecule has 1 fully saturated rings. The van der Waals surface area contributed by atoms with Crippen LogP contribution in [-0.4, -0.2) is 68.3 Å². The average molecular weight is 437 g/mol. The Morgan fingerprint density at radius 3 is 2.72 bits per heavy atom. The van der Waals surface area contributed by atoms with Gasteiger partial charge in [-0.2, -0.15) is 0 Å². The molecule has 0 spiro atoms. The van der Waals surface area contributed by atoms with Crippen molar-refractivity contribution < 1.29 is 14.3 Å². The molecule has 2 heterocycles. The van der Waals surface area contributed by atoms with Crippen LogP contribution < -0.4 is 4.74 Å². The zero-order valence-electron chi connectivity index (χ0n) is 19.2. The number of carbonyl (C=O) groups excluding carboxylic acids is 1. The molecule has 2 aliphatic rings. The Balaban J connectivity index is 1.46. The second kappa shape index (κ2) is 11.5. The number of methoxy groups -OCH3 is 1. The Kier molecular flexibility index (Phi) is 8.18. The molecule has 5 heteroatoms. The van der Waals surface area contributed by atoms with Crippen LogP contribution in [0.15, 0.2) is 54.6 Å². The molecule has 32 heavy (non-hydrogen) atoms. The summed E-state index contributed by atoms with van der Waals surface area (Å²) in [5.41, 5.74) is 2.09. The standard InChI is InChI=1S/C27H36N2O3/c1-31-26-14-17-29-21-24(26)10-5-6-15-28(16-13-22-8-3-2-4-9-22)18-19-32-25-12-7-11-23(20-25)27(29)30/h2-4,7-9,11-12,20,24,26H,5-6,10,13-19,21H2,1H3/t24-,26+/m0/s1. The number of hydrogen-bond donors (Lipinski definition) is 0. The largest absolute Gasteiger partial charge is 0.492 e. The normalized spacial score (nSPS) is 23.2. The highest BCUT2D eigenvalue weighted by Crippen LogP contribution is 2.26. The van der Waals surface area contributed by atoms with E-state index < -0.39 is 0 Å². The Hall–Kier alpha value is -2.37. The van der Waals surface area contributed by atoms with E-state index in [1.165, 1.54) is 5.56 Å². The van der Waals surface area contributed by atoms with Crippen LogP contribution in [0, 0.1) is 5.92 Å². The van der Waals surface area contributed by atoms with Crippen molar-refractivity contribution in [1.29, 1.82) is 0 Å². The van der Waals surface area contributed by atoms with E-state index in [-0.39, 0.29) is 12.0 Å². The molecule has 2 aromatic rings. The SMILES string of the molecule is CO[C@@H]1CCN2C[C@@H]1CCCCN(CCc1ccccc1)CCOc1cccc(c1)C2=O. The molecule has 2 aromatic carbocycles. The molecule has 0 unspecified atom stereocenters. The van der Waals surface area contributed by atoms with Crippen molar-refractivity contribution in [3.05, 3.63) is 65.7 Å². The summed E-state index contributed by atoms with van der Waals surface area (Å²) in [6, 6.07) is 18.4. The van der Waals surface area contributed by atoms with E-state index in [1.54, 1.807) is 0 Å². The summed E-state index contributed by atoms with van der Waals surface area (Å²) in [5.74, 6) is 1.28. The third kappa shape index (κ3) is 6.11. The van der Waals surface area contributed by atoms with Crippen LogP contribution in [0.5, 0.6) is 5.75 Å². The molecule has 0 N–H and O–H groups in total. The fraction of sp³-hybridized carbons (Fsp3) is 0.519. The third-order valence-corrected chi connectivity index (χ3v) is 6.87. The number of nitrogens with zero attached hydrogens (tertiary/aromatic N) is 2. The topological polar surface area (TPSA) is 42.0 Å². The molecule has 1 amide bonds. The number of fused-ring (bicyclic) bond motifs is 4. The summed E-state index contributed by atoms with van der Waals surface area (Å²) in [6.45, 7) is 5.16. The van der Waals surface area contributed by atoms with Crippen LogP contribution in [0.2, 0.25) is 0 Å². The predicted octanol–water partition coefficient (Wildman–Crippen LogP) is 4.27. The number of benzene rings is 2. The molecule has 2 atom stereocenters. The molecule has 0 saturated carbocycles. The Morgan fingerprint density at radius 1 is 1.00 bits per heavy atom. The van der Waals surface area contributed by atoms with Gasteiger partial charge in [0.1, 0.15) is 12.4 Å². The summed E-state index contributed by atoms with van der Waals surface area (Å²) in [5, 5.41) is 0. The quantitative estimate of drug-likeness (QED) is 0.718. The lowest BCUT2D eigenvalue weighted by atomic mass is 9.89. The van der Waals surface area contributed by atoms with Gasteiger partial charge in [-0.15, -0.1) is 0 Å². The predicted molar refractivity (Wildman–Crippen MR) is 127 cm³/mol. The van der Waals surface area contributed by atoms with Crippen molar-refractivity contribution in [3.8, 4) is 5.75 Å². The van der Waals surface area contributed by atoms with Gasteiger partial charge >= 0.3 is 0 Å². The summed E-state index contributed by atoms with van der Waals surface area (Å²) < 4.78 is 11.8. The monoisotopic (exact) mass is 436 g/mol. The molecule has 0 aliphatic carbocycles. The van der Waals surface area contributed by atoms with Gasteiger partial charge in [0.05, 0.1) is 6.10 Å². The molecule has 0 radical (unpaired) electrons. The molecule has 4 bridgehead atoms. The zero-order valence-corrected chi connectivity index (χ0v) is 19.2. The maximum Gasteiger partial charge on any atom is 0.254 e. The minimum absolute atomic E-state index is 0.106. The maximum atomic E-state index is 13.1. The molecular formula is C27H36N2O3. The van der Waals surface area contributed by atoms with Gasteiger partial charge < -0.3 is 14.4 Å². The average Bonchev–Trinajstić information content (AvgIpc) is 2.84. The number of ether oxygens (including phenoxy) is 2. The van der Waals surface area contributed by atoms with Gasteiger partial charge in [-0.1, -0.05) is 42.8 Å². The summed E-state index contributed by atoms with van der Waals surface area (Å²) in [7, 11) is 1.81. The van der Waals surface area contributed by atoms with Crippen LogP contribution in [0.25, 0.3) is 0 Å². The number of carbonyl (C=O) groups is 1. The van der Waals surface area contributed by atoms with Crippen LogP contribution in [0.3, 0.4) is 0 Å². The molecule has 2 aliphatic heterocycles. The van der Waals surface area contributed by atoms with Crippen LogP contribution in [-0.2, 0) is 11.2 Å². The Bertz CT molecular complexity index is 857. The maximum absolute atomic E-state index is 13.1. The Labute approximate surface area is 192 Å². The molecular weight excluding hydrogens is 400 g/mol. The van der Waals surface area contributed by atoms with E-state index in [9.17, 15) is 4.79 Å². The first-order chi connectivity index (χ1) is 15.7. The molecule has 4 rings (SSSR count). The summed E-state index contributed by atoms with van der Waals surface area (Å²) in [4.78, 5) is 17.7. The van der Waals surface area contributed by atoms with Crippen molar-refractivity contribution in [2.45, 2.75) is 38.2 Å². The fourth-order valence-corrected chi connectivity index (χ4v) is 4.99. The lowest BCUT2D eigenvalue weighted by molar-refractivity contribution is -0.00675. The number of rotatable bonds is 4. The first-order valence-corrected chi connectivity index (χ1v) is 12.0. The number of piperidine rings is 1. The number of amides is 1. The molecule has 172 valence electrons. The molecule has 1 saturated heterocycles. The highest BCUT2D eigenvalue weighted by atomic mass is 16.5. The van der Waals surface area contributed by atoms with Crippen molar-refractivity contribution in [2.24, 2.45) is 5.92 Å². The van der Waals surface area contributed by atoms with Gasteiger partial charge in [0.2, 0.25) is 0 Å².